The summed E-state index contributed by atoms with van der Waals surface area (Å²) in [5.41, 5.74) is -1.77. The highest BCUT2D eigenvalue weighted by atomic mass is 19.4. The first-order chi connectivity index (χ1) is 8.36. The smallest absolute Gasteiger partial charge is 0.416 e. The third-order valence-electron chi connectivity index (χ3n) is 2.24. The number of rotatable bonds is 4. The molecule has 0 saturated heterocycles. The molecule has 6 heteroatoms. The van der Waals surface area contributed by atoms with E-state index >= 15 is 0 Å². The van der Waals surface area contributed by atoms with Gasteiger partial charge in [0.2, 0.25) is 0 Å². The Kier molecular flexibility index (Phi) is 4.69. The van der Waals surface area contributed by atoms with Crippen LogP contribution in [0.4, 0.5) is 17.6 Å². The summed E-state index contributed by atoms with van der Waals surface area (Å²) in [5.74, 6) is -2.10. The van der Waals surface area contributed by atoms with Crippen LogP contribution in [0.5, 0.6) is 0 Å². The van der Waals surface area contributed by atoms with Crippen LogP contribution in [-0.2, 0) is 10.9 Å². The molecule has 0 N–H and O–H groups in total. The van der Waals surface area contributed by atoms with Crippen LogP contribution in [0.15, 0.2) is 18.2 Å². The second-order valence-electron chi connectivity index (χ2n) is 3.68. The first-order valence-corrected chi connectivity index (χ1v) is 5.40. The molecule has 0 fully saturated rings. The number of unbranched alkanes of at least 4 members (excludes halogenated alkanes) is 1. The van der Waals surface area contributed by atoms with E-state index in [1.54, 1.807) is 0 Å². The lowest BCUT2D eigenvalue weighted by atomic mass is 10.1. The van der Waals surface area contributed by atoms with E-state index in [-0.39, 0.29) is 6.61 Å². The summed E-state index contributed by atoms with van der Waals surface area (Å²) in [7, 11) is 0. The van der Waals surface area contributed by atoms with Crippen LogP contribution in [0, 0.1) is 5.82 Å². The van der Waals surface area contributed by atoms with Gasteiger partial charge in [0.25, 0.3) is 0 Å². The van der Waals surface area contributed by atoms with Crippen molar-refractivity contribution in [3.63, 3.8) is 0 Å². The molecule has 0 unspecified atom stereocenters. The fourth-order valence-corrected chi connectivity index (χ4v) is 1.24. The molecule has 2 nitrogen and oxygen atoms in total. The fourth-order valence-electron chi connectivity index (χ4n) is 1.24. The summed E-state index contributed by atoms with van der Waals surface area (Å²) in [6.45, 7) is 1.92. The minimum absolute atomic E-state index is 0.0605. The van der Waals surface area contributed by atoms with Gasteiger partial charge in [0.15, 0.2) is 0 Å². The van der Waals surface area contributed by atoms with Crippen LogP contribution in [0.2, 0.25) is 0 Å². The van der Waals surface area contributed by atoms with Crippen LogP contribution >= 0.6 is 0 Å². The van der Waals surface area contributed by atoms with Gasteiger partial charge in [-0.1, -0.05) is 13.3 Å². The number of benzene rings is 1. The van der Waals surface area contributed by atoms with Crippen LogP contribution in [0.25, 0.3) is 0 Å². The molecule has 0 radical (unpaired) electrons. The Morgan fingerprint density at radius 1 is 1.33 bits per heavy atom. The molecule has 1 aromatic rings. The molecule has 0 aromatic heterocycles. The van der Waals surface area contributed by atoms with Gasteiger partial charge in [-0.15, -0.1) is 0 Å². The molecule has 0 amide bonds. The molecule has 0 aliphatic rings. The Hall–Kier alpha value is -1.59. The number of hydrogen-bond donors (Lipinski definition) is 0. The van der Waals surface area contributed by atoms with Crippen LogP contribution in [0.1, 0.15) is 35.7 Å². The molecule has 0 heterocycles. The molecule has 0 spiro atoms. The van der Waals surface area contributed by atoms with Crippen molar-refractivity contribution in [3.8, 4) is 0 Å². The van der Waals surface area contributed by atoms with Gasteiger partial charge in [0.1, 0.15) is 5.82 Å². The molecule has 1 aromatic carbocycles. The monoisotopic (exact) mass is 264 g/mol. The molecular formula is C12H12F4O2. The molecule has 0 bridgehead atoms. The molecule has 0 atom stereocenters. The average molecular weight is 264 g/mol. The van der Waals surface area contributed by atoms with Crippen molar-refractivity contribution in [2.24, 2.45) is 0 Å². The maximum Gasteiger partial charge on any atom is 0.416 e. The van der Waals surface area contributed by atoms with Gasteiger partial charge in [-0.3, -0.25) is 0 Å². The quantitative estimate of drug-likeness (QED) is 0.469. The van der Waals surface area contributed by atoms with Crippen molar-refractivity contribution in [2.75, 3.05) is 6.61 Å². The largest absolute Gasteiger partial charge is 0.462 e. The standard InChI is InChI=1S/C12H12F4O2/c1-2-3-6-18-11(17)9-7-8(12(14,15)16)4-5-10(9)13/h4-5,7H,2-3,6H2,1H3. The molecule has 100 valence electrons. The Balaban J connectivity index is 2.90. The van der Waals surface area contributed by atoms with Gasteiger partial charge in [0, 0.05) is 0 Å². The number of carbonyl (C=O) groups excluding carboxylic acids is 1. The number of hydrogen-bond acceptors (Lipinski definition) is 2. The summed E-state index contributed by atoms with van der Waals surface area (Å²) in [4.78, 5) is 11.4. The highest BCUT2D eigenvalue weighted by molar-refractivity contribution is 5.89. The predicted molar refractivity (Wildman–Crippen MR) is 56.6 cm³/mol. The Labute approximate surface area is 102 Å². The first-order valence-electron chi connectivity index (χ1n) is 5.40. The van der Waals surface area contributed by atoms with Gasteiger partial charge >= 0.3 is 12.1 Å². The second kappa shape index (κ2) is 5.84. The molecule has 0 saturated carbocycles. The van der Waals surface area contributed by atoms with E-state index in [1.165, 1.54) is 0 Å². The highest BCUT2D eigenvalue weighted by Gasteiger charge is 2.32. The summed E-state index contributed by atoms with van der Waals surface area (Å²) in [6, 6.07) is 1.65. The van der Waals surface area contributed by atoms with Crippen molar-refractivity contribution in [3.05, 3.63) is 35.1 Å². The third kappa shape index (κ3) is 3.72. The third-order valence-corrected chi connectivity index (χ3v) is 2.24. The molecule has 0 aliphatic heterocycles. The van der Waals surface area contributed by atoms with Crippen molar-refractivity contribution in [1.82, 2.24) is 0 Å². The normalized spacial score (nSPS) is 11.4. The molecule has 0 aliphatic carbocycles. The average Bonchev–Trinajstić information content (AvgIpc) is 2.28. The van der Waals surface area contributed by atoms with Gasteiger partial charge in [0.05, 0.1) is 17.7 Å². The van der Waals surface area contributed by atoms with E-state index in [0.29, 0.717) is 24.6 Å². The maximum atomic E-state index is 13.2. The number of halogens is 4. The van der Waals surface area contributed by atoms with Crippen molar-refractivity contribution < 1.29 is 27.1 Å². The number of alkyl halides is 3. The minimum atomic E-state index is -4.62. The second-order valence-corrected chi connectivity index (χ2v) is 3.68. The van der Waals surface area contributed by atoms with E-state index in [4.69, 9.17) is 0 Å². The van der Waals surface area contributed by atoms with Crippen LogP contribution in [-0.4, -0.2) is 12.6 Å². The lowest BCUT2D eigenvalue weighted by Crippen LogP contribution is -2.12. The van der Waals surface area contributed by atoms with E-state index < -0.39 is 29.1 Å². The maximum absolute atomic E-state index is 13.2. The van der Waals surface area contributed by atoms with Crippen molar-refractivity contribution >= 4 is 5.97 Å². The zero-order valence-corrected chi connectivity index (χ0v) is 9.68. The van der Waals surface area contributed by atoms with E-state index in [1.807, 2.05) is 6.92 Å². The SMILES string of the molecule is CCCCOC(=O)c1cc(C(F)(F)F)ccc1F. The Morgan fingerprint density at radius 3 is 2.56 bits per heavy atom. The molecule has 18 heavy (non-hydrogen) atoms. The summed E-state index contributed by atoms with van der Waals surface area (Å²) >= 11 is 0. The van der Waals surface area contributed by atoms with Crippen molar-refractivity contribution in [2.45, 2.75) is 25.9 Å². The van der Waals surface area contributed by atoms with Crippen molar-refractivity contribution in [1.29, 1.82) is 0 Å². The zero-order chi connectivity index (χ0) is 13.8. The fraction of sp³-hybridized carbons (Fsp3) is 0.417. The summed E-state index contributed by atoms with van der Waals surface area (Å²) in [5, 5.41) is 0. The van der Waals surface area contributed by atoms with E-state index in [0.717, 1.165) is 6.42 Å². The van der Waals surface area contributed by atoms with Gasteiger partial charge in [-0.05, 0) is 24.6 Å². The van der Waals surface area contributed by atoms with Gasteiger partial charge in [-0.25, -0.2) is 9.18 Å². The summed E-state index contributed by atoms with van der Waals surface area (Å²) in [6.07, 6.45) is -3.28. The predicted octanol–water partition coefficient (Wildman–Crippen LogP) is 3.80. The first kappa shape index (κ1) is 14.5. The van der Waals surface area contributed by atoms with Gasteiger partial charge < -0.3 is 4.74 Å². The Bertz CT molecular complexity index is 427. The highest BCUT2D eigenvalue weighted by Crippen LogP contribution is 2.30. The lowest BCUT2D eigenvalue weighted by molar-refractivity contribution is -0.137. The summed E-state index contributed by atoms with van der Waals surface area (Å²) < 4.78 is 55.1. The molecule has 1 rings (SSSR count). The zero-order valence-electron chi connectivity index (χ0n) is 9.68. The Morgan fingerprint density at radius 2 is 2.00 bits per heavy atom. The number of esters is 1. The lowest BCUT2D eigenvalue weighted by Gasteiger charge is -2.09. The van der Waals surface area contributed by atoms with Gasteiger partial charge in [-0.2, -0.15) is 13.2 Å². The number of ether oxygens (including phenoxy) is 1. The van der Waals surface area contributed by atoms with E-state index in [9.17, 15) is 22.4 Å². The van der Waals surface area contributed by atoms with Crippen LogP contribution in [0.3, 0.4) is 0 Å². The minimum Gasteiger partial charge on any atom is -0.462 e. The molecular weight excluding hydrogens is 252 g/mol. The number of carbonyl (C=O) groups is 1. The van der Waals surface area contributed by atoms with Crippen LogP contribution < -0.4 is 0 Å². The topological polar surface area (TPSA) is 26.3 Å². The van der Waals surface area contributed by atoms with E-state index in [2.05, 4.69) is 4.74 Å².